The Balaban J connectivity index is 2.19. The lowest BCUT2D eigenvalue weighted by atomic mass is 10.1. The van der Waals surface area contributed by atoms with Crippen LogP contribution in [0.25, 0.3) is 0 Å². The maximum absolute atomic E-state index is 11.7. The van der Waals surface area contributed by atoms with Crippen molar-refractivity contribution >= 4 is 22.7 Å². The highest BCUT2D eigenvalue weighted by atomic mass is 32.2. The molecule has 0 atom stereocenters. The zero-order chi connectivity index (χ0) is 17.5. The molecule has 0 aliphatic carbocycles. The van der Waals surface area contributed by atoms with E-state index in [0.717, 1.165) is 46.5 Å². The second kappa shape index (κ2) is 8.64. The van der Waals surface area contributed by atoms with Gasteiger partial charge in [-0.15, -0.1) is 0 Å². The Morgan fingerprint density at radius 2 is 2.00 bits per heavy atom. The molecule has 128 valence electrons. The molecule has 1 N–H and O–H groups in total. The molecule has 2 rings (SSSR count). The summed E-state index contributed by atoms with van der Waals surface area (Å²) >= 11 is 1.14. The lowest BCUT2D eigenvalue weighted by molar-refractivity contribution is 0.269. The zero-order valence-corrected chi connectivity index (χ0v) is 15.3. The highest BCUT2D eigenvalue weighted by Gasteiger charge is 2.09. The first-order valence-electron chi connectivity index (χ1n) is 7.81. The van der Waals surface area contributed by atoms with Gasteiger partial charge in [0.25, 0.3) is 5.24 Å². The van der Waals surface area contributed by atoms with E-state index < -0.39 is 0 Å². The van der Waals surface area contributed by atoms with Crippen LogP contribution in [-0.4, -0.2) is 18.6 Å². The minimum atomic E-state index is -0.107. The molecule has 0 radical (unpaired) electrons. The van der Waals surface area contributed by atoms with Gasteiger partial charge in [0.2, 0.25) is 0 Å². The van der Waals surface area contributed by atoms with Crippen LogP contribution in [0.2, 0.25) is 0 Å². The smallest absolute Gasteiger partial charge is 0.283 e. The van der Waals surface area contributed by atoms with Gasteiger partial charge in [-0.3, -0.25) is 4.79 Å². The Morgan fingerprint density at radius 3 is 2.62 bits per heavy atom. The fourth-order valence-electron chi connectivity index (χ4n) is 2.35. The van der Waals surface area contributed by atoms with Gasteiger partial charge in [-0.05, 0) is 55.0 Å². The Hall–Kier alpha value is -2.14. The SMILES string of the molecule is CCc1ccc(OCc2cc(OC)ccc2NC(=O)SC)c(C)c1. The lowest BCUT2D eigenvalue weighted by Gasteiger charge is -2.15. The monoisotopic (exact) mass is 345 g/mol. The van der Waals surface area contributed by atoms with Gasteiger partial charge in [-0.25, -0.2) is 0 Å². The number of nitrogens with one attached hydrogen (secondary N) is 1. The van der Waals surface area contributed by atoms with Crippen LogP contribution in [0.15, 0.2) is 36.4 Å². The number of carbonyl (C=O) groups excluding carboxylic acids is 1. The van der Waals surface area contributed by atoms with Crippen LogP contribution in [-0.2, 0) is 13.0 Å². The highest BCUT2D eigenvalue weighted by molar-refractivity contribution is 8.13. The largest absolute Gasteiger partial charge is 0.497 e. The number of anilines is 1. The van der Waals surface area contributed by atoms with Gasteiger partial charge in [0.1, 0.15) is 18.1 Å². The molecule has 0 saturated carbocycles. The minimum Gasteiger partial charge on any atom is -0.497 e. The summed E-state index contributed by atoms with van der Waals surface area (Å²) in [6.45, 7) is 4.52. The average molecular weight is 345 g/mol. The summed E-state index contributed by atoms with van der Waals surface area (Å²) in [7, 11) is 1.62. The van der Waals surface area contributed by atoms with E-state index in [1.807, 2.05) is 31.2 Å². The molecule has 1 amide bonds. The maximum atomic E-state index is 11.7. The van der Waals surface area contributed by atoms with Crippen LogP contribution in [0, 0.1) is 6.92 Å². The van der Waals surface area contributed by atoms with E-state index in [1.54, 1.807) is 13.4 Å². The molecule has 0 aliphatic heterocycles. The number of thioether (sulfide) groups is 1. The Bertz CT molecular complexity index is 716. The predicted molar refractivity (Wildman–Crippen MR) is 100 cm³/mol. The van der Waals surface area contributed by atoms with Crippen LogP contribution in [0.5, 0.6) is 11.5 Å². The van der Waals surface area contributed by atoms with Gasteiger partial charge in [0.05, 0.1) is 7.11 Å². The number of rotatable bonds is 6. The van der Waals surface area contributed by atoms with E-state index in [0.29, 0.717) is 6.61 Å². The third-order valence-electron chi connectivity index (χ3n) is 3.77. The normalized spacial score (nSPS) is 10.3. The molecular weight excluding hydrogens is 322 g/mol. The molecule has 0 saturated heterocycles. The lowest BCUT2D eigenvalue weighted by Crippen LogP contribution is -2.08. The third-order valence-corrected chi connectivity index (χ3v) is 4.24. The van der Waals surface area contributed by atoms with Gasteiger partial charge < -0.3 is 14.8 Å². The second-order valence-corrected chi connectivity index (χ2v) is 6.16. The van der Waals surface area contributed by atoms with Crippen LogP contribution >= 0.6 is 11.8 Å². The van der Waals surface area contributed by atoms with Crippen molar-refractivity contribution in [3.8, 4) is 11.5 Å². The highest BCUT2D eigenvalue weighted by Crippen LogP contribution is 2.26. The van der Waals surface area contributed by atoms with Gasteiger partial charge in [0, 0.05) is 11.3 Å². The summed E-state index contributed by atoms with van der Waals surface area (Å²) in [6.07, 6.45) is 2.75. The van der Waals surface area contributed by atoms with Crippen LogP contribution in [0.1, 0.15) is 23.6 Å². The van der Waals surface area contributed by atoms with E-state index >= 15 is 0 Å². The number of carbonyl (C=O) groups is 1. The topological polar surface area (TPSA) is 47.6 Å². The first-order chi connectivity index (χ1) is 11.6. The number of hydrogen-bond acceptors (Lipinski definition) is 4. The summed E-state index contributed by atoms with van der Waals surface area (Å²) < 4.78 is 11.2. The predicted octanol–water partition coefficient (Wildman–Crippen LogP) is 5.04. The first-order valence-corrected chi connectivity index (χ1v) is 9.04. The number of aryl methyl sites for hydroxylation is 2. The summed E-state index contributed by atoms with van der Waals surface area (Å²) in [4.78, 5) is 11.7. The average Bonchev–Trinajstić information content (AvgIpc) is 2.61. The first kappa shape index (κ1) is 18.2. The van der Waals surface area contributed by atoms with E-state index in [4.69, 9.17) is 9.47 Å². The summed E-state index contributed by atoms with van der Waals surface area (Å²) in [5.41, 5.74) is 4.00. The molecule has 0 unspecified atom stereocenters. The summed E-state index contributed by atoms with van der Waals surface area (Å²) in [5, 5.41) is 2.76. The van der Waals surface area contributed by atoms with E-state index in [9.17, 15) is 4.79 Å². The number of methoxy groups -OCH3 is 1. The van der Waals surface area contributed by atoms with Crippen molar-refractivity contribution < 1.29 is 14.3 Å². The molecule has 2 aromatic rings. The van der Waals surface area contributed by atoms with Crippen LogP contribution in [0.4, 0.5) is 10.5 Å². The Morgan fingerprint density at radius 1 is 1.21 bits per heavy atom. The number of amides is 1. The molecule has 24 heavy (non-hydrogen) atoms. The molecular formula is C19H23NO3S. The van der Waals surface area contributed by atoms with Crippen molar-refractivity contribution in [2.75, 3.05) is 18.7 Å². The quantitative estimate of drug-likeness (QED) is 0.797. The van der Waals surface area contributed by atoms with Crippen molar-refractivity contribution in [3.05, 3.63) is 53.1 Å². The zero-order valence-electron chi connectivity index (χ0n) is 14.5. The number of hydrogen-bond donors (Lipinski definition) is 1. The fourth-order valence-corrected chi connectivity index (χ4v) is 2.56. The molecule has 0 aliphatic rings. The molecule has 0 bridgehead atoms. The van der Waals surface area contributed by atoms with Gasteiger partial charge >= 0.3 is 0 Å². The second-order valence-electron chi connectivity index (χ2n) is 5.38. The van der Waals surface area contributed by atoms with Crippen LogP contribution < -0.4 is 14.8 Å². The van der Waals surface area contributed by atoms with Crippen molar-refractivity contribution in [1.29, 1.82) is 0 Å². The molecule has 4 nitrogen and oxygen atoms in total. The molecule has 2 aromatic carbocycles. The van der Waals surface area contributed by atoms with Crippen molar-refractivity contribution in [1.82, 2.24) is 0 Å². The molecule has 0 fully saturated rings. The van der Waals surface area contributed by atoms with Crippen LogP contribution in [0.3, 0.4) is 0 Å². The third kappa shape index (κ3) is 4.68. The van der Waals surface area contributed by atoms with E-state index in [2.05, 4.69) is 24.4 Å². The Kier molecular flexibility index (Phi) is 6.55. The van der Waals surface area contributed by atoms with Gasteiger partial charge in [0.15, 0.2) is 0 Å². The van der Waals surface area contributed by atoms with E-state index in [-0.39, 0.29) is 5.24 Å². The Labute approximate surface area is 147 Å². The minimum absolute atomic E-state index is 0.107. The summed E-state index contributed by atoms with van der Waals surface area (Å²) in [5.74, 6) is 1.57. The molecule has 0 spiro atoms. The number of ether oxygens (including phenoxy) is 2. The fraction of sp³-hybridized carbons (Fsp3) is 0.316. The van der Waals surface area contributed by atoms with E-state index in [1.165, 1.54) is 5.56 Å². The molecule has 0 heterocycles. The molecule has 5 heteroatoms. The maximum Gasteiger partial charge on any atom is 0.283 e. The number of benzene rings is 2. The standard InChI is InChI=1S/C19H23NO3S/c1-5-14-6-9-18(13(2)10-14)23-12-15-11-16(22-3)7-8-17(15)20-19(21)24-4/h6-11H,5,12H2,1-4H3,(H,20,21). The van der Waals surface area contributed by atoms with Crippen molar-refractivity contribution in [2.24, 2.45) is 0 Å². The van der Waals surface area contributed by atoms with Crippen molar-refractivity contribution in [3.63, 3.8) is 0 Å². The summed E-state index contributed by atoms with van der Waals surface area (Å²) in [6, 6.07) is 11.7. The molecule has 0 aromatic heterocycles. The van der Waals surface area contributed by atoms with Gasteiger partial charge in [-0.1, -0.05) is 30.8 Å². The van der Waals surface area contributed by atoms with Crippen molar-refractivity contribution in [2.45, 2.75) is 26.9 Å². The van der Waals surface area contributed by atoms with Gasteiger partial charge in [-0.2, -0.15) is 0 Å².